The lowest BCUT2D eigenvalue weighted by molar-refractivity contribution is 0.119. The molecular weight excluding hydrogens is 361 g/mol. The van der Waals surface area contributed by atoms with Gasteiger partial charge in [0, 0.05) is 4.47 Å². The first kappa shape index (κ1) is 16.9. The van der Waals surface area contributed by atoms with Crippen LogP contribution in [-0.4, -0.2) is 25.7 Å². The smallest absolute Gasteiger partial charge is 0.242 e. The molecule has 0 saturated heterocycles. The largest absolute Gasteiger partial charge is 0.394 e. The molecule has 1 saturated carbocycles. The van der Waals surface area contributed by atoms with Crippen LogP contribution in [0.15, 0.2) is 27.6 Å². The second kappa shape index (κ2) is 6.32. The molecule has 1 aromatic rings. The first-order chi connectivity index (χ1) is 9.78. The fourth-order valence-corrected chi connectivity index (χ4v) is 5.44. The number of aliphatic hydroxyl groups is 1. The highest BCUT2D eigenvalue weighted by molar-refractivity contribution is 9.10. The average Bonchev–Trinajstić information content (AvgIpc) is 2.37. The van der Waals surface area contributed by atoms with Gasteiger partial charge in [0.25, 0.3) is 0 Å². The fraction of sp³-hybridized carbons (Fsp3) is 0.571. The van der Waals surface area contributed by atoms with Crippen molar-refractivity contribution in [2.45, 2.75) is 43.0 Å². The van der Waals surface area contributed by atoms with Gasteiger partial charge in [-0.15, -0.1) is 0 Å². The Morgan fingerprint density at radius 2 is 2.24 bits per heavy atom. The Labute approximate surface area is 132 Å². The van der Waals surface area contributed by atoms with Crippen molar-refractivity contribution in [3.63, 3.8) is 0 Å². The zero-order valence-electron chi connectivity index (χ0n) is 11.8. The van der Waals surface area contributed by atoms with Crippen molar-refractivity contribution >= 4 is 26.0 Å². The zero-order valence-corrected chi connectivity index (χ0v) is 14.2. The van der Waals surface area contributed by atoms with Gasteiger partial charge >= 0.3 is 0 Å². The number of halogens is 2. The summed E-state index contributed by atoms with van der Waals surface area (Å²) in [4.78, 5) is -0.0186. The minimum Gasteiger partial charge on any atom is -0.394 e. The SMILES string of the molecule is CC1CCCC(CO)(NS(=O)(=O)c2ccc(F)cc2Br)C1. The summed E-state index contributed by atoms with van der Waals surface area (Å²) in [5, 5.41) is 9.68. The van der Waals surface area contributed by atoms with Crippen LogP contribution < -0.4 is 4.72 Å². The predicted molar refractivity (Wildman–Crippen MR) is 81.9 cm³/mol. The number of aliphatic hydroxyl groups excluding tert-OH is 1. The molecule has 2 rings (SSSR count). The third kappa shape index (κ3) is 3.83. The molecule has 0 aliphatic heterocycles. The molecule has 0 heterocycles. The van der Waals surface area contributed by atoms with Crippen molar-refractivity contribution in [1.82, 2.24) is 4.72 Å². The van der Waals surface area contributed by atoms with Crippen LogP contribution in [0, 0.1) is 11.7 Å². The minimum absolute atomic E-state index is 0.0186. The van der Waals surface area contributed by atoms with Gasteiger partial charge in [0.15, 0.2) is 0 Å². The Morgan fingerprint density at radius 1 is 1.52 bits per heavy atom. The molecule has 21 heavy (non-hydrogen) atoms. The monoisotopic (exact) mass is 379 g/mol. The maximum absolute atomic E-state index is 13.1. The minimum atomic E-state index is -3.82. The first-order valence-electron chi connectivity index (χ1n) is 6.88. The summed E-state index contributed by atoms with van der Waals surface area (Å²) < 4.78 is 41.0. The van der Waals surface area contributed by atoms with Crippen LogP contribution in [-0.2, 0) is 10.0 Å². The number of sulfonamides is 1. The van der Waals surface area contributed by atoms with E-state index in [1.165, 1.54) is 6.07 Å². The Kier molecular flexibility index (Phi) is 5.07. The molecule has 2 atom stereocenters. The molecule has 0 aromatic heterocycles. The summed E-state index contributed by atoms with van der Waals surface area (Å²) in [5.41, 5.74) is -0.829. The molecule has 0 amide bonds. The van der Waals surface area contributed by atoms with Gasteiger partial charge in [0.2, 0.25) is 10.0 Å². The average molecular weight is 380 g/mol. The number of rotatable bonds is 4. The van der Waals surface area contributed by atoms with E-state index < -0.39 is 21.4 Å². The second-order valence-corrected chi connectivity index (χ2v) is 8.33. The van der Waals surface area contributed by atoms with Gasteiger partial charge in [-0.3, -0.25) is 0 Å². The first-order valence-corrected chi connectivity index (χ1v) is 9.15. The van der Waals surface area contributed by atoms with Gasteiger partial charge in [-0.1, -0.05) is 19.8 Å². The molecule has 1 aromatic carbocycles. The van der Waals surface area contributed by atoms with E-state index in [1.54, 1.807) is 0 Å². The fourth-order valence-electron chi connectivity index (χ4n) is 2.96. The molecule has 7 heteroatoms. The van der Waals surface area contributed by atoms with E-state index in [0.717, 1.165) is 25.0 Å². The molecule has 0 spiro atoms. The summed E-state index contributed by atoms with van der Waals surface area (Å²) >= 11 is 3.08. The number of hydrogen-bond donors (Lipinski definition) is 2. The van der Waals surface area contributed by atoms with Crippen LogP contribution in [0.25, 0.3) is 0 Å². The molecule has 2 unspecified atom stereocenters. The van der Waals surface area contributed by atoms with E-state index in [9.17, 15) is 17.9 Å². The van der Waals surface area contributed by atoms with Crippen molar-refractivity contribution in [1.29, 1.82) is 0 Å². The molecule has 0 radical (unpaired) electrons. The lowest BCUT2D eigenvalue weighted by Gasteiger charge is -2.39. The Hall–Kier alpha value is -0.500. The maximum Gasteiger partial charge on any atom is 0.242 e. The van der Waals surface area contributed by atoms with Crippen LogP contribution in [0.1, 0.15) is 32.6 Å². The van der Waals surface area contributed by atoms with E-state index in [2.05, 4.69) is 20.7 Å². The van der Waals surface area contributed by atoms with Gasteiger partial charge in [-0.25, -0.2) is 17.5 Å². The third-order valence-electron chi connectivity index (χ3n) is 3.93. The lowest BCUT2D eigenvalue weighted by Crippen LogP contribution is -2.53. The standard InChI is InChI=1S/C14H19BrFNO3S/c1-10-3-2-6-14(8-10,9-18)17-21(19,20)13-5-4-11(16)7-12(13)15/h4-5,7,10,17-18H,2-3,6,8-9H2,1H3. The number of hydrogen-bond acceptors (Lipinski definition) is 3. The third-order valence-corrected chi connectivity index (χ3v) is 6.48. The molecule has 1 aliphatic rings. The zero-order chi connectivity index (χ0) is 15.7. The summed E-state index contributed by atoms with van der Waals surface area (Å²) in [7, 11) is -3.82. The molecule has 118 valence electrons. The van der Waals surface area contributed by atoms with E-state index in [-0.39, 0.29) is 16.0 Å². The van der Waals surface area contributed by atoms with Crippen molar-refractivity contribution in [3.05, 3.63) is 28.5 Å². The van der Waals surface area contributed by atoms with Crippen LogP contribution in [0.2, 0.25) is 0 Å². The van der Waals surface area contributed by atoms with Gasteiger partial charge in [0.1, 0.15) is 5.82 Å². The van der Waals surface area contributed by atoms with Crippen LogP contribution >= 0.6 is 15.9 Å². The number of nitrogens with one attached hydrogen (secondary N) is 1. The predicted octanol–water partition coefficient (Wildman–Crippen LogP) is 2.81. The highest BCUT2D eigenvalue weighted by Gasteiger charge is 2.38. The topological polar surface area (TPSA) is 66.4 Å². The van der Waals surface area contributed by atoms with E-state index in [4.69, 9.17) is 0 Å². The Morgan fingerprint density at radius 3 is 2.81 bits per heavy atom. The van der Waals surface area contributed by atoms with Crippen molar-refractivity contribution in [3.8, 4) is 0 Å². The second-order valence-electron chi connectivity index (χ2n) is 5.82. The highest BCUT2D eigenvalue weighted by Crippen LogP contribution is 2.34. The summed E-state index contributed by atoms with van der Waals surface area (Å²) in [6.07, 6.45) is 3.10. The lowest BCUT2D eigenvalue weighted by atomic mass is 9.78. The number of benzene rings is 1. The molecule has 2 N–H and O–H groups in total. The van der Waals surface area contributed by atoms with Crippen molar-refractivity contribution in [2.75, 3.05) is 6.61 Å². The molecule has 0 bridgehead atoms. The summed E-state index contributed by atoms with van der Waals surface area (Å²) in [5.74, 6) is -0.158. The van der Waals surface area contributed by atoms with Crippen LogP contribution in [0.5, 0.6) is 0 Å². The Bertz CT molecular complexity index is 623. The van der Waals surface area contributed by atoms with Crippen molar-refractivity contribution in [2.24, 2.45) is 5.92 Å². The van der Waals surface area contributed by atoms with Gasteiger partial charge in [-0.05, 0) is 52.9 Å². The van der Waals surface area contributed by atoms with Crippen LogP contribution in [0.4, 0.5) is 4.39 Å². The molecule has 1 aliphatic carbocycles. The molecule has 4 nitrogen and oxygen atoms in total. The maximum atomic E-state index is 13.1. The molecular formula is C14H19BrFNO3S. The van der Waals surface area contributed by atoms with Crippen molar-refractivity contribution < 1.29 is 17.9 Å². The van der Waals surface area contributed by atoms with E-state index in [1.807, 2.05) is 6.92 Å². The normalized spacial score (nSPS) is 26.8. The molecule has 1 fully saturated rings. The highest BCUT2D eigenvalue weighted by atomic mass is 79.9. The van der Waals surface area contributed by atoms with E-state index in [0.29, 0.717) is 18.8 Å². The van der Waals surface area contributed by atoms with Gasteiger partial charge in [0.05, 0.1) is 17.0 Å². The summed E-state index contributed by atoms with van der Waals surface area (Å²) in [6.45, 7) is 1.81. The van der Waals surface area contributed by atoms with E-state index >= 15 is 0 Å². The van der Waals surface area contributed by atoms with Gasteiger partial charge in [-0.2, -0.15) is 0 Å². The summed E-state index contributed by atoms with van der Waals surface area (Å²) in [6, 6.07) is 3.44. The van der Waals surface area contributed by atoms with Crippen LogP contribution in [0.3, 0.4) is 0 Å². The van der Waals surface area contributed by atoms with Gasteiger partial charge < -0.3 is 5.11 Å². The quantitative estimate of drug-likeness (QED) is 0.844. The Balaban J connectivity index is 2.31.